The molecule has 0 fully saturated rings. The van der Waals surface area contributed by atoms with E-state index in [1.165, 1.54) is 24.4 Å². The normalized spacial score (nSPS) is 11.4. The lowest BCUT2D eigenvalue weighted by molar-refractivity contribution is 0.596. The minimum absolute atomic E-state index is 0.318. The summed E-state index contributed by atoms with van der Waals surface area (Å²) in [6, 6.07) is 16.1. The maximum atomic E-state index is 13.7. The van der Waals surface area contributed by atoms with Gasteiger partial charge in [-0.25, -0.2) is 13.8 Å². The van der Waals surface area contributed by atoms with Crippen LogP contribution in [0, 0.1) is 11.6 Å². The predicted octanol–water partition coefficient (Wildman–Crippen LogP) is 5.38. The highest BCUT2D eigenvalue weighted by Gasteiger charge is 2.18. The smallest absolute Gasteiger partial charge is 0.306 e. The fraction of sp³-hybridized carbons (Fsp3) is 0. The molecule has 3 aromatic heterocycles. The molecule has 2 aromatic carbocycles. The summed E-state index contributed by atoms with van der Waals surface area (Å²) in [6.45, 7) is 0. The van der Waals surface area contributed by atoms with Crippen molar-refractivity contribution in [1.82, 2.24) is 14.4 Å². The molecule has 0 saturated heterocycles. The number of pyridine rings is 1. The van der Waals surface area contributed by atoms with Crippen LogP contribution in [-0.2, 0) is 0 Å². The van der Waals surface area contributed by atoms with Crippen molar-refractivity contribution < 1.29 is 13.2 Å². The van der Waals surface area contributed by atoms with Crippen LogP contribution < -0.4 is 5.43 Å². The number of hydrazone groups is 1. The third-order valence-electron chi connectivity index (χ3n) is 4.70. The van der Waals surface area contributed by atoms with Crippen LogP contribution >= 0.6 is 0 Å². The number of anilines is 1. The molecule has 0 amide bonds. The molecule has 31 heavy (non-hydrogen) atoms. The van der Waals surface area contributed by atoms with Crippen molar-refractivity contribution in [2.75, 3.05) is 5.43 Å². The minimum Gasteiger partial charge on any atom is -0.432 e. The van der Waals surface area contributed by atoms with Crippen LogP contribution in [0.1, 0.15) is 5.56 Å². The zero-order valence-corrected chi connectivity index (χ0v) is 16.0. The lowest BCUT2D eigenvalue weighted by atomic mass is 10.1. The molecule has 1 N–H and O–H groups in total. The molecule has 0 aliphatic rings. The van der Waals surface area contributed by atoms with Crippen LogP contribution in [0.15, 0.2) is 88.8 Å². The van der Waals surface area contributed by atoms with Gasteiger partial charge in [-0.1, -0.05) is 18.2 Å². The third-order valence-corrected chi connectivity index (χ3v) is 4.70. The summed E-state index contributed by atoms with van der Waals surface area (Å²) in [6.07, 6.45) is 6.37. The van der Waals surface area contributed by atoms with Gasteiger partial charge in [-0.2, -0.15) is 10.1 Å². The Hall–Kier alpha value is -4.33. The number of fused-ring (bicyclic) bond motifs is 1. The van der Waals surface area contributed by atoms with Gasteiger partial charge in [0.2, 0.25) is 0 Å². The van der Waals surface area contributed by atoms with Gasteiger partial charge in [0.15, 0.2) is 0 Å². The van der Waals surface area contributed by atoms with Crippen LogP contribution in [0.5, 0.6) is 0 Å². The number of benzene rings is 2. The highest BCUT2D eigenvalue weighted by molar-refractivity contribution is 5.82. The van der Waals surface area contributed by atoms with Crippen LogP contribution in [-0.4, -0.2) is 20.6 Å². The summed E-state index contributed by atoms with van der Waals surface area (Å²) in [7, 11) is 0. The maximum Gasteiger partial charge on any atom is 0.306 e. The van der Waals surface area contributed by atoms with Crippen molar-refractivity contribution in [3.8, 4) is 22.5 Å². The predicted molar refractivity (Wildman–Crippen MR) is 114 cm³/mol. The topological polar surface area (TPSA) is 67.7 Å². The first-order valence-corrected chi connectivity index (χ1v) is 9.40. The Morgan fingerprint density at radius 1 is 0.968 bits per heavy atom. The van der Waals surface area contributed by atoms with Gasteiger partial charge in [-0.3, -0.25) is 9.83 Å². The molecular formula is C23H15F2N5O. The van der Waals surface area contributed by atoms with Crippen LogP contribution in [0.25, 0.3) is 28.4 Å². The van der Waals surface area contributed by atoms with Gasteiger partial charge in [0.05, 0.1) is 11.9 Å². The molecule has 0 radical (unpaired) electrons. The van der Waals surface area contributed by atoms with E-state index < -0.39 is 0 Å². The second-order valence-corrected chi connectivity index (χ2v) is 6.70. The number of halogens is 2. The van der Waals surface area contributed by atoms with E-state index >= 15 is 0 Å². The monoisotopic (exact) mass is 415 g/mol. The average Bonchev–Trinajstić information content (AvgIpc) is 3.38. The fourth-order valence-corrected chi connectivity index (χ4v) is 3.22. The van der Waals surface area contributed by atoms with E-state index in [1.54, 1.807) is 59.5 Å². The number of oxazole rings is 1. The molecule has 5 rings (SSSR count). The van der Waals surface area contributed by atoms with Crippen LogP contribution in [0.3, 0.4) is 0 Å². The van der Waals surface area contributed by atoms with Gasteiger partial charge in [0.25, 0.3) is 0 Å². The zero-order valence-electron chi connectivity index (χ0n) is 16.0. The fourth-order valence-electron chi connectivity index (χ4n) is 3.22. The summed E-state index contributed by atoms with van der Waals surface area (Å²) >= 11 is 0. The van der Waals surface area contributed by atoms with Gasteiger partial charge in [0, 0.05) is 29.1 Å². The Kier molecular flexibility index (Phi) is 4.72. The Balaban J connectivity index is 1.44. The van der Waals surface area contributed by atoms with Gasteiger partial charge in [-0.05, 0) is 42.5 Å². The molecule has 0 spiro atoms. The van der Waals surface area contributed by atoms with Crippen molar-refractivity contribution >= 4 is 17.9 Å². The molecule has 5 aromatic rings. The molecular weight excluding hydrogens is 400 g/mol. The van der Waals surface area contributed by atoms with E-state index in [-0.39, 0.29) is 11.6 Å². The van der Waals surface area contributed by atoms with Crippen LogP contribution in [0.2, 0.25) is 0 Å². The van der Waals surface area contributed by atoms with E-state index in [9.17, 15) is 8.78 Å². The van der Waals surface area contributed by atoms with E-state index in [2.05, 4.69) is 20.5 Å². The lowest BCUT2D eigenvalue weighted by Crippen LogP contribution is -1.95. The van der Waals surface area contributed by atoms with E-state index in [1.807, 2.05) is 6.07 Å². The summed E-state index contributed by atoms with van der Waals surface area (Å²) < 4.78 is 34.2. The van der Waals surface area contributed by atoms with Crippen molar-refractivity contribution in [2.45, 2.75) is 0 Å². The molecule has 0 bridgehead atoms. The summed E-state index contributed by atoms with van der Waals surface area (Å²) in [5.41, 5.74) is 6.12. The van der Waals surface area contributed by atoms with Gasteiger partial charge >= 0.3 is 5.84 Å². The Morgan fingerprint density at radius 2 is 1.77 bits per heavy atom. The van der Waals surface area contributed by atoms with E-state index in [0.29, 0.717) is 22.9 Å². The summed E-state index contributed by atoms with van der Waals surface area (Å²) in [5.74, 6) is 0.245. The molecule has 0 aliphatic heterocycles. The number of hydrogen-bond acceptors (Lipinski definition) is 5. The van der Waals surface area contributed by atoms with E-state index in [0.717, 1.165) is 16.8 Å². The molecule has 0 aliphatic carbocycles. The second kappa shape index (κ2) is 7.83. The first-order chi connectivity index (χ1) is 15.2. The highest BCUT2D eigenvalue weighted by atomic mass is 19.1. The lowest BCUT2D eigenvalue weighted by Gasteiger charge is -2.06. The third kappa shape index (κ3) is 3.66. The van der Waals surface area contributed by atoms with Crippen molar-refractivity contribution in [3.05, 3.63) is 96.5 Å². The molecule has 0 unspecified atom stereocenters. The Labute approximate surface area is 175 Å². The molecule has 152 valence electrons. The Morgan fingerprint density at radius 3 is 2.55 bits per heavy atom. The summed E-state index contributed by atoms with van der Waals surface area (Å²) in [4.78, 5) is 8.91. The number of nitrogens with zero attached hydrogens (tertiary/aromatic N) is 4. The molecule has 8 heteroatoms. The van der Waals surface area contributed by atoms with Crippen LogP contribution in [0.4, 0.5) is 14.6 Å². The first kappa shape index (κ1) is 18.7. The number of nitrogens with one attached hydrogen (secondary N) is 1. The number of imidazole rings is 1. The van der Waals surface area contributed by atoms with Gasteiger partial charge in [0.1, 0.15) is 29.4 Å². The minimum atomic E-state index is -0.352. The molecule has 3 heterocycles. The molecule has 0 atom stereocenters. The number of rotatable bonds is 5. The molecule has 0 saturated carbocycles. The van der Waals surface area contributed by atoms with Crippen molar-refractivity contribution in [3.63, 3.8) is 0 Å². The first-order valence-electron chi connectivity index (χ1n) is 9.40. The van der Waals surface area contributed by atoms with Crippen molar-refractivity contribution in [1.29, 1.82) is 0 Å². The van der Waals surface area contributed by atoms with Gasteiger partial charge < -0.3 is 4.42 Å². The summed E-state index contributed by atoms with van der Waals surface area (Å²) in [5, 5.41) is 4.03. The molecule has 6 nitrogen and oxygen atoms in total. The highest BCUT2D eigenvalue weighted by Crippen LogP contribution is 2.33. The quantitative estimate of drug-likeness (QED) is 0.309. The average molecular weight is 415 g/mol. The number of aromatic nitrogens is 3. The standard InChI is InChI=1S/C23H15F2N5O/c24-18-8-5-15(6-9-18)21-22(30-11-12-31-23(30)28-21)17-7-10-20(26-13-17)29-27-14-16-3-1-2-4-19(16)25/h1-14H,(H,26,29)/b27-14-. The number of hydrogen-bond donors (Lipinski definition) is 1. The Bertz CT molecular complexity index is 1370. The largest absolute Gasteiger partial charge is 0.432 e. The van der Waals surface area contributed by atoms with Gasteiger partial charge in [-0.15, -0.1) is 0 Å². The SMILES string of the molecule is Fc1ccc(-c2nc3occn3c2-c2ccc(N/N=C\c3ccccc3F)nc2)cc1. The zero-order chi connectivity index (χ0) is 21.2. The van der Waals surface area contributed by atoms with E-state index in [4.69, 9.17) is 4.42 Å². The van der Waals surface area contributed by atoms with Crippen molar-refractivity contribution in [2.24, 2.45) is 5.10 Å². The second-order valence-electron chi connectivity index (χ2n) is 6.70. The maximum absolute atomic E-state index is 13.7.